The third-order valence-electron chi connectivity index (χ3n) is 5.74. The molecular weight excluding hydrogens is 364 g/mol. The molecule has 1 N–H and O–H groups in total. The molecule has 2 atom stereocenters. The van der Waals surface area contributed by atoms with Gasteiger partial charge in [-0.05, 0) is 43.5 Å². The van der Waals surface area contributed by atoms with Gasteiger partial charge in [0, 0.05) is 32.4 Å². The molecule has 1 aromatic heterocycles. The summed E-state index contributed by atoms with van der Waals surface area (Å²) in [5, 5.41) is 3.11. The van der Waals surface area contributed by atoms with Gasteiger partial charge in [-0.3, -0.25) is 9.69 Å². The molecule has 6 nitrogen and oxygen atoms in total. The van der Waals surface area contributed by atoms with Gasteiger partial charge in [0.05, 0.1) is 18.8 Å². The third kappa shape index (κ3) is 5.14. The molecular formula is C23H30N4O2. The first-order chi connectivity index (χ1) is 14.2. The molecule has 0 bridgehead atoms. The number of pyridine rings is 1. The molecule has 0 aliphatic carbocycles. The Bertz CT molecular complexity index is 796. The number of ether oxygens (including phenoxy) is 1. The average Bonchev–Trinajstić information content (AvgIpc) is 3.21. The number of hydrogen-bond donors (Lipinski definition) is 1. The monoisotopic (exact) mass is 394 g/mol. The molecule has 2 fully saturated rings. The maximum absolute atomic E-state index is 12.8. The van der Waals surface area contributed by atoms with Crippen molar-refractivity contribution in [2.75, 3.05) is 31.1 Å². The summed E-state index contributed by atoms with van der Waals surface area (Å²) >= 11 is 0. The summed E-state index contributed by atoms with van der Waals surface area (Å²) in [5.74, 6) is 1.09. The van der Waals surface area contributed by atoms with Gasteiger partial charge in [0.25, 0.3) is 0 Å². The van der Waals surface area contributed by atoms with Crippen LogP contribution in [0.15, 0.2) is 48.7 Å². The van der Waals surface area contributed by atoms with E-state index >= 15 is 0 Å². The molecule has 0 saturated carbocycles. The Labute approximate surface area is 172 Å². The Hall–Kier alpha value is -2.44. The number of anilines is 1. The largest absolute Gasteiger partial charge is 0.375 e. The van der Waals surface area contributed by atoms with Crippen molar-refractivity contribution < 1.29 is 9.53 Å². The molecule has 2 aliphatic rings. The number of aromatic nitrogens is 1. The van der Waals surface area contributed by atoms with Crippen LogP contribution in [0, 0.1) is 0 Å². The minimum atomic E-state index is -0.0442. The molecule has 1 aromatic carbocycles. The van der Waals surface area contributed by atoms with Gasteiger partial charge in [-0.2, -0.15) is 0 Å². The van der Waals surface area contributed by atoms with E-state index in [1.165, 1.54) is 5.56 Å². The van der Waals surface area contributed by atoms with E-state index in [2.05, 4.69) is 57.4 Å². The zero-order valence-corrected chi connectivity index (χ0v) is 17.1. The number of nitrogens with one attached hydrogen (secondary N) is 1. The fraction of sp³-hybridized carbons (Fsp3) is 0.478. The lowest BCUT2D eigenvalue weighted by Gasteiger charge is -2.32. The zero-order valence-electron chi connectivity index (χ0n) is 17.1. The van der Waals surface area contributed by atoms with Gasteiger partial charge in [0.2, 0.25) is 5.91 Å². The average molecular weight is 395 g/mol. The van der Waals surface area contributed by atoms with E-state index in [1.54, 1.807) is 0 Å². The summed E-state index contributed by atoms with van der Waals surface area (Å²) in [5.41, 5.74) is 2.28. The molecule has 29 heavy (non-hydrogen) atoms. The van der Waals surface area contributed by atoms with Crippen LogP contribution in [0.3, 0.4) is 0 Å². The van der Waals surface area contributed by atoms with Crippen molar-refractivity contribution in [3.8, 4) is 0 Å². The van der Waals surface area contributed by atoms with Crippen molar-refractivity contribution in [2.45, 2.75) is 45.0 Å². The van der Waals surface area contributed by atoms with Crippen LogP contribution in [-0.4, -0.2) is 54.2 Å². The fourth-order valence-corrected chi connectivity index (χ4v) is 4.17. The number of morpholine rings is 1. The number of rotatable bonds is 6. The van der Waals surface area contributed by atoms with E-state index in [4.69, 9.17) is 4.74 Å². The van der Waals surface area contributed by atoms with Crippen LogP contribution in [0.1, 0.15) is 30.9 Å². The molecule has 2 unspecified atom stereocenters. The number of benzene rings is 1. The summed E-state index contributed by atoms with van der Waals surface area (Å²) in [6, 6.07) is 14.4. The molecule has 0 spiro atoms. The van der Waals surface area contributed by atoms with Crippen LogP contribution in [0.5, 0.6) is 0 Å². The van der Waals surface area contributed by atoms with E-state index in [0.29, 0.717) is 6.54 Å². The predicted molar refractivity (Wildman–Crippen MR) is 114 cm³/mol. The topological polar surface area (TPSA) is 57.7 Å². The van der Waals surface area contributed by atoms with E-state index in [1.807, 2.05) is 18.3 Å². The van der Waals surface area contributed by atoms with Crippen LogP contribution in [0.25, 0.3) is 0 Å². The molecule has 2 aromatic rings. The van der Waals surface area contributed by atoms with Crippen LogP contribution >= 0.6 is 0 Å². The van der Waals surface area contributed by atoms with Crippen LogP contribution in [0.4, 0.5) is 5.82 Å². The quantitative estimate of drug-likeness (QED) is 0.816. The predicted octanol–water partition coefficient (Wildman–Crippen LogP) is 2.59. The second-order valence-corrected chi connectivity index (χ2v) is 7.98. The van der Waals surface area contributed by atoms with Gasteiger partial charge in [0.15, 0.2) is 0 Å². The highest BCUT2D eigenvalue weighted by molar-refractivity contribution is 5.82. The Balaban J connectivity index is 1.29. The number of nitrogens with zero attached hydrogens (tertiary/aromatic N) is 3. The van der Waals surface area contributed by atoms with Crippen molar-refractivity contribution in [1.82, 2.24) is 15.2 Å². The van der Waals surface area contributed by atoms with E-state index in [0.717, 1.165) is 57.0 Å². The summed E-state index contributed by atoms with van der Waals surface area (Å²) in [7, 11) is 0. The van der Waals surface area contributed by atoms with Gasteiger partial charge in [-0.25, -0.2) is 4.98 Å². The normalized spacial score (nSPS) is 22.6. The number of carbonyl (C=O) groups excluding carboxylic acids is 1. The summed E-state index contributed by atoms with van der Waals surface area (Å²) < 4.78 is 5.59. The van der Waals surface area contributed by atoms with Crippen molar-refractivity contribution in [1.29, 1.82) is 0 Å². The Kier molecular flexibility index (Phi) is 6.42. The molecule has 154 valence electrons. The van der Waals surface area contributed by atoms with Gasteiger partial charge in [-0.15, -0.1) is 0 Å². The number of likely N-dealkylation sites (tertiary alicyclic amines) is 1. The lowest BCUT2D eigenvalue weighted by molar-refractivity contribution is -0.125. The van der Waals surface area contributed by atoms with Crippen LogP contribution in [-0.2, 0) is 22.6 Å². The first-order valence-electron chi connectivity index (χ1n) is 10.6. The lowest BCUT2D eigenvalue weighted by atomic mass is 10.1. The fourth-order valence-electron chi connectivity index (χ4n) is 4.17. The first-order valence-corrected chi connectivity index (χ1v) is 10.6. The smallest absolute Gasteiger partial charge is 0.237 e. The highest BCUT2D eigenvalue weighted by Crippen LogP contribution is 2.20. The Morgan fingerprint density at radius 2 is 2.03 bits per heavy atom. The van der Waals surface area contributed by atoms with Crippen LogP contribution in [0.2, 0.25) is 0 Å². The van der Waals surface area contributed by atoms with Crippen molar-refractivity contribution in [3.05, 3.63) is 59.8 Å². The van der Waals surface area contributed by atoms with Crippen molar-refractivity contribution in [2.24, 2.45) is 0 Å². The van der Waals surface area contributed by atoms with E-state index in [9.17, 15) is 4.79 Å². The van der Waals surface area contributed by atoms with E-state index < -0.39 is 0 Å². The van der Waals surface area contributed by atoms with Crippen molar-refractivity contribution >= 4 is 11.7 Å². The highest BCUT2D eigenvalue weighted by atomic mass is 16.5. The van der Waals surface area contributed by atoms with Gasteiger partial charge in [0.1, 0.15) is 5.82 Å². The minimum absolute atomic E-state index is 0.0442. The maximum atomic E-state index is 12.8. The van der Waals surface area contributed by atoms with Crippen molar-refractivity contribution in [3.63, 3.8) is 0 Å². The van der Waals surface area contributed by atoms with Gasteiger partial charge < -0.3 is 15.0 Å². The summed E-state index contributed by atoms with van der Waals surface area (Å²) in [6.45, 7) is 6.87. The highest BCUT2D eigenvalue weighted by Gasteiger charge is 2.30. The molecule has 1 amide bonds. The molecule has 4 rings (SSSR count). The summed E-state index contributed by atoms with van der Waals surface area (Å²) in [6.07, 6.45) is 4.09. The third-order valence-corrected chi connectivity index (χ3v) is 5.74. The Morgan fingerprint density at radius 3 is 2.79 bits per heavy atom. The number of hydrogen-bond acceptors (Lipinski definition) is 5. The molecule has 0 radical (unpaired) electrons. The van der Waals surface area contributed by atoms with Crippen LogP contribution < -0.4 is 10.2 Å². The van der Waals surface area contributed by atoms with Gasteiger partial charge in [-0.1, -0.05) is 36.4 Å². The molecule has 2 saturated heterocycles. The zero-order chi connectivity index (χ0) is 20.1. The lowest BCUT2D eigenvalue weighted by Crippen LogP contribution is -2.42. The second kappa shape index (κ2) is 9.37. The SMILES string of the molecule is CC1CN(c2ccc(CNC(=O)C3CCCN3Cc3ccccc3)cn2)CCO1. The first kappa shape index (κ1) is 19.9. The summed E-state index contributed by atoms with van der Waals surface area (Å²) in [4.78, 5) is 21.9. The van der Waals surface area contributed by atoms with Gasteiger partial charge >= 0.3 is 0 Å². The molecule has 6 heteroatoms. The number of carbonyl (C=O) groups is 1. The minimum Gasteiger partial charge on any atom is -0.375 e. The standard InChI is InChI=1S/C23H30N4O2/c1-18-16-27(12-13-29-18)22-10-9-20(14-24-22)15-25-23(28)21-8-5-11-26(21)17-19-6-3-2-4-7-19/h2-4,6-7,9-10,14,18,21H,5,8,11-13,15-17H2,1H3,(H,25,28). The maximum Gasteiger partial charge on any atom is 0.237 e. The second-order valence-electron chi connectivity index (χ2n) is 7.98. The Morgan fingerprint density at radius 1 is 1.17 bits per heavy atom. The van der Waals surface area contributed by atoms with E-state index in [-0.39, 0.29) is 18.1 Å². The molecule has 3 heterocycles. The number of amides is 1. The molecule has 2 aliphatic heterocycles.